The van der Waals surface area contributed by atoms with Gasteiger partial charge in [-0.15, -0.1) is 0 Å². The molecule has 0 aliphatic heterocycles. The highest BCUT2D eigenvalue weighted by Gasteiger charge is 3.07. The van der Waals surface area contributed by atoms with E-state index in [1.54, 1.807) is 77.0 Å². The van der Waals surface area contributed by atoms with Crippen LogP contribution in [0.25, 0.3) is 0 Å². The molecule has 47 atom stereocenters. The van der Waals surface area contributed by atoms with Crippen LogP contribution in [0.3, 0.4) is 0 Å². The van der Waals surface area contributed by atoms with Gasteiger partial charge in [0.15, 0.2) is 0 Å². The molecule has 426 valence electrons. The van der Waals surface area contributed by atoms with E-state index in [9.17, 15) is 0 Å². The largest absolute Gasteiger partial charge is 0.0683 e. The summed E-state index contributed by atoms with van der Waals surface area (Å²) >= 11 is 0. The maximum Gasteiger partial charge on any atom is -0.0156 e. The van der Waals surface area contributed by atoms with E-state index >= 15 is 0 Å². The van der Waals surface area contributed by atoms with Crippen LogP contribution in [-0.2, 0) is 0 Å². The van der Waals surface area contributed by atoms with Crippen molar-refractivity contribution in [1.82, 2.24) is 0 Å². The molecule has 0 heteroatoms. The standard InChI is InChI=1S/C74H102.2C2H6/c1-25-13-35-14-33-22-71-52(33)41-16-38(55(41)71)50-61-45-19-40-51-62-44-18-39-49-60-42-15-36(54(42)69(60,12)64(49)73(62,58(39)44)66(51)74(61,59(40)45)65(50)71)46-23-72-56-37(17-43(56)57(46)72)48-53(67(9,10)63(48)72)34-20-70(35,21-34)47-24-68(47,11)32(8)31(7)30(6)29(5)28(4)27(3)26(25)2;2*1-2/h25-66H,13-24H2,1-12H3;2*1-2H3. The zero-order valence-electron chi connectivity index (χ0n) is 52.7. The molecule has 0 aromatic carbocycles. The van der Waals surface area contributed by atoms with Gasteiger partial charge in [-0.3, -0.25) is 0 Å². The summed E-state index contributed by atoms with van der Waals surface area (Å²) in [5.74, 6) is 47.2. The molecule has 25 fully saturated rings. The Morgan fingerprint density at radius 1 is 0.321 bits per heavy atom. The summed E-state index contributed by atoms with van der Waals surface area (Å²) in [7, 11) is 0. The van der Waals surface area contributed by atoms with E-state index in [0.717, 1.165) is 122 Å². The summed E-state index contributed by atoms with van der Waals surface area (Å²) in [5, 5.41) is 0. The predicted octanol–water partition coefficient (Wildman–Crippen LogP) is 18.1. The lowest BCUT2D eigenvalue weighted by Gasteiger charge is -2.91. The highest BCUT2D eigenvalue weighted by atomic mass is 15.1. The van der Waals surface area contributed by atoms with Gasteiger partial charge in [0.25, 0.3) is 0 Å². The molecule has 0 nitrogen and oxygen atoms in total. The van der Waals surface area contributed by atoms with Crippen LogP contribution >= 0.6 is 0 Å². The van der Waals surface area contributed by atoms with Crippen molar-refractivity contribution in [2.45, 2.75) is 188 Å². The van der Waals surface area contributed by atoms with E-state index in [2.05, 4.69) is 83.1 Å². The van der Waals surface area contributed by atoms with Crippen molar-refractivity contribution in [2.24, 2.45) is 292 Å². The zero-order chi connectivity index (χ0) is 52.7. The van der Waals surface area contributed by atoms with Gasteiger partial charge in [0.05, 0.1) is 0 Å². The van der Waals surface area contributed by atoms with E-state index in [1.807, 2.05) is 27.7 Å². The van der Waals surface area contributed by atoms with E-state index < -0.39 is 0 Å². The summed E-state index contributed by atoms with van der Waals surface area (Å²) in [6.45, 7) is 42.2. The van der Waals surface area contributed by atoms with Gasteiger partial charge in [0.2, 0.25) is 0 Å². The summed E-state index contributed by atoms with van der Waals surface area (Å²) in [6, 6.07) is 0. The third-order valence-corrected chi connectivity index (χ3v) is 42.1. The van der Waals surface area contributed by atoms with E-state index in [-0.39, 0.29) is 0 Å². The lowest BCUT2D eigenvalue weighted by Crippen LogP contribution is -2.88. The molecule has 78 heavy (non-hydrogen) atoms. The lowest BCUT2D eigenvalue weighted by atomic mass is 9.13. The first-order valence-corrected chi connectivity index (χ1v) is 37.4. The Morgan fingerprint density at radius 3 is 1.46 bits per heavy atom. The Bertz CT molecular complexity index is 2790. The van der Waals surface area contributed by atoms with Gasteiger partial charge in [-0.1, -0.05) is 111 Å². The van der Waals surface area contributed by atoms with Crippen molar-refractivity contribution in [3.8, 4) is 0 Å². The van der Waals surface area contributed by atoms with Crippen LogP contribution in [0.4, 0.5) is 0 Å². The number of rotatable bonds is 0. The van der Waals surface area contributed by atoms with Crippen molar-refractivity contribution in [1.29, 1.82) is 0 Å². The third-order valence-electron chi connectivity index (χ3n) is 42.1. The monoisotopic (exact) mass is 1050 g/mol. The Balaban J connectivity index is 0.00000104. The van der Waals surface area contributed by atoms with Gasteiger partial charge in [-0.2, -0.15) is 0 Å². The summed E-state index contributed by atoms with van der Waals surface area (Å²) in [5.41, 5.74) is 6.10. The number of hydrogen-bond donors (Lipinski definition) is 0. The third kappa shape index (κ3) is 3.68. The van der Waals surface area contributed by atoms with Gasteiger partial charge in [-0.25, -0.2) is 0 Å². The molecule has 25 aliphatic carbocycles. The maximum atomic E-state index is 3.13. The predicted molar refractivity (Wildman–Crippen MR) is 312 cm³/mol. The smallest absolute Gasteiger partial charge is 0.0156 e. The SMILES string of the molecule is CC.CC.CC1CC2CC3CC45C3C3CC(C6C7C8CC9C%10C%11C%12CC%13C%14C%15C%16CC(C%17CC%18%19C%17C%17CC(C%20C(C%21CC2(C%21)C2CC2(C)C(C)C(C)C(C)C(C)C(C)C(C)C1C)C(C)(C)C%20%18)C%17%19)C%16C%15(C)C%14C%11(C%13%12)C%10C7(C98)C64)C35. The quantitative estimate of drug-likeness (QED) is 0.227. The minimum atomic E-state index is 0.566. The minimum Gasteiger partial charge on any atom is -0.0683 e. The second kappa shape index (κ2) is 12.9. The highest BCUT2D eigenvalue weighted by molar-refractivity contribution is 5.53. The Kier molecular flexibility index (Phi) is 7.78. The lowest BCUT2D eigenvalue weighted by molar-refractivity contribution is -0.448. The molecule has 0 N–H and O–H groups in total. The number of hydrogen-bond acceptors (Lipinski definition) is 0. The highest BCUT2D eigenvalue weighted by Crippen LogP contribution is 3.10. The van der Waals surface area contributed by atoms with Gasteiger partial charge < -0.3 is 0 Å². The molecular formula is C78H114. The second-order valence-electron chi connectivity index (χ2n) is 39.8. The van der Waals surface area contributed by atoms with Crippen LogP contribution in [0.5, 0.6) is 0 Å². The molecule has 5 spiro atoms. The van der Waals surface area contributed by atoms with Gasteiger partial charge >= 0.3 is 0 Å². The molecule has 0 heterocycles. The Morgan fingerprint density at radius 2 is 0.808 bits per heavy atom. The van der Waals surface area contributed by atoms with E-state index in [0.29, 0.717) is 16.2 Å². The molecular weight excluding hydrogens is 937 g/mol. The fourth-order valence-electron chi connectivity index (χ4n) is 41.0. The van der Waals surface area contributed by atoms with Gasteiger partial charge in [-0.05, 0) is 369 Å². The molecule has 0 radical (unpaired) electrons. The Labute approximate surface area is 477 Å². The molecule has 47 unspecified atom stereocenters. The molecule has 25 rings (SSSR count). The number of fused-ring (bicyclic) bond motifs is 12. The van der Waals surface area contributed by atoms with Crippen LogP contribution in [0.15, 0.2) is 0 Å². The van der Waals surface area contributed by atoms with E-state index in [1.165, 1.54) is 154 Å². The van der Waals surface area contributed by atoms with Gasteiger partial charge in [0, 0.05) is 0 Å². The van der Waals surface area contributed by atoms with Crippen LogP contribution in [0.2, 0.25) is 0 Å². The first-order chi connectivity index (χ1) is 37.4. The Hall–Kier alpha value is 0. The second-order valence-corrected chi connectivity index (χ2v) is 39.8. The average Bonchev–Trinajstić information content (AvgIpc) is 1.36. The fraction of sp³-hybridized carbons (Fsp3) is 1.00. The van der Waals surface area contributed by atoms with Crippen LogP contribution < -0.4 is 0 Å². The summed E-state index contributed by atoms with van der Waals surface area (Å²) in [4.78, 5) is 0. The molecule has 9 bridgehead atoms. The minimum absolute atomic E-state index is 0.566. The van der Waals surface area contributed by atoms with E-state index in [4.69, 9.17) is 0 Å². The molecule has 0 saturated heterocycles. The van der Waals surface area contributed by atoms with Crippen LogP contribution in [0.1, 0.15) is 188 Å². The fourth-order valence-corrected chi connectivity index (χ4v) is 41.0. The average molecular weight is 1050 g/mol. The van der Waals surface area contributed by atoms with Gasteiger partial charge in [0.1, 0.15) is 0 Å². The van der Waals surface area contributed by atoms with Crippen molar-refractivity contribution < 1.29 is 0 Å². The van der Waals surface area contributed by atoms with Crippen molar-refractivity contribution in [3.05, 3.63) is 0 Å². The van der Waals surface area contributed by atoms with Crippen LogP contribution in [-0.4, -0.2) is 0 Å². The summed E-state index contributed by atoms with van der Waals surface area (Å²) < 4.78 is 0. The maximum absolute atomic E-state index is 3.13. The molecule has 25 aliphatic rings. The van der Waals surface area contributed by atoms with Crippen molar-refractivity contribution in [2.75, 3.05) is 0 Å². The molecule has 0 amide bonds. The molecule has 25 saturated carbocycles. The molecule has 0 aromatic rings. The van der Waals surface area contributed by atoms with Crippen LogP contribution in [0, 0.1) is 292 Å². The van der Waals surface area contributed by atoms with Crippen molar-refractivity contribution in [3.63, 3.8) is 0 Å². The normalized spacial score (nSPS) is 80.9. The first-order valence-electron chi connectivity index (χ1n) is 37.4. The molecule has 0 aromatic heterocycles. The van der Waals surface area contributed by atoms with Crippen molar-refractivity contribution >= 4 is 0 Å². The summed E-state index contributed by atoms with van der Waals surface area (Å²) in [6.07, 6.45) is 20.5. The first kappa shape index (κ1) is 47.2. The topological polar surface area (TPSA) is 0 Å². The zero-order valence-corrected chi connectivity index (χ0v) is 52.7.